The van der Waals surface area contributed by atoms with E-state index < -0.39 is 0 Å². The van der Waals surface area contributed by atoms with Crippen LogP contribution in [0.2, 0.25) is 0 Å². The van der Waals surface area contributed by atoms with E-state index in [4.69, 9.17) is 0 Å². The third-order valence-corrected chi connectivity index (χ3v) is 4.65. The Hall–Kier alpha value is -2.27. The van der Waals surface area contributed by atoms with Gasteiger partial charge >= 0.3 is 0 Å². The standard InChI is InChI=1S/C19H24N4O/c1-4-22-11-12-23(15(3)13-22)19(24)17-8-6-16(7-9-17)18-10-5-14(2)20-21-18/h5-10,15H,4,11-13H2,1-3H3. The van der Waals surface area contributed by atoms with Crippen LogP contribution in [0.25, 0.3) is 11.3 Å². The fourth-order valence-electron chi connectivity index (χ4n) is 3.12. The third-order valence-electron chi connectivity index (χ3n) is 4.65. The van der Waals surface area contributed by atoms with Crippen LogP contribution in [0, 0.1) is 6.92 Å². The Morgan fingerprint density at radius 2 is 1.88 bits per heavy atom. The van der Waals surface area contributed by atoms with Crippen LogP contribution in [0.1, 0.15) is 29.9 Å². The summed E-state index contributed by atoms with van der Waals surface area (Å²) in [6.45, 7) is 9.92. The predicted molar refractivity (Wildman–Crippen MR) is 94.8 cm³/mol. The first-order valence-corrected chi connectivity index (χ1v) is 8.52. The van der Waals surface area contributed by atoms with E-state index in [2.05, 4.69) is 28.9 Å². The first kappa shape index (κ1) is 16.6. The minimum atomic E-state index is 0.111. The molecule has 1 fully saturated rings. The predicted octanol–water partition coefficient (Wildman–Crippen LogP) is 2.62. The molecule has 1 aliphatic rings. The Morgan fingerprint density at radius 3 is 2.46 bits per heavy atom. The molecule has 0 aliphatic carbocycles. The van der Waals surface area contributed by atoms with Gasteiger partial charge in [0, 0.05) is 36.8 Å². The number of carbonyl (C=O) groups is 1. The molecule has 2 heterocycles. The summed E-state index contributed by atoms with van der Waals surface area (Å²) >= 11 is 0. The summed E-state index contributed by atoms with van der Waals surface area (Å²) in [7, 11) is 0. The van der Waals surface area contributed by atoms with Crippen molar-refractivity contribution in [1.82, 2.24) is 20.0 Å². The van der Waals surface area contributed by atoms with Gasteiger partial charge in [-0.25, -0.2) is 0 Å². The maximum Gasteiger partial charge on any atom is 0.254 e. The van der Waals surface area contributed by atoms with Crippen molar-refractivity contribution < 1.29 is 4.79 Å². The molecule has 0 N–H and O–H groups in total. The van der Waals surface area contributed by atoms with Crippen molar-refractivity contribution >= 4 is 5.91 Å². The lowest BCUT2D eigenvalue weighted by atomic mass is 10.1. The van der Waals surface area contributed by atoms with Gasteiger partial charge in [0.25, 0.3) is 5.91 Å². The van der Waals surface area contributed by atoms with Gasteiger partial charge in [0.15, 0.2) is 0 Å². The van der Waals surface area contributed by atoms with E-state index in [1.54, 1.807) is 0 Å². The Bertz CT molecular complexity index is 696. The lowest BCUT2D eigenvalue weighted by Gasteiger charge is -2.39. The smallest absolute Gasteiger partial charge is 0.254 e. The molecule has 0 saturated carbocycles. The molecule has 1 unspecified atom stereocenters. The summed E-state index contributed by atoms with van der Waals surface area (Å²) in [4.78, 5) is 17.1. The number of aryl methyl sites for hydroxylation is 1. The van der Waals surface area contributed by atoms with Crippen molar-refractivity contribution in [2.45, 2.75) is 26.8 Å². The highest BCUT2D eigenvalue weighted by atomic mass is 16.2. The molecule has 1 amide bonds. The zero-order valence-electron chi connectivity index (χ0n) is 14.6. The molecule has 5 nitrogen and oxygen atoms in total. The second-order valence-corrected chi connectivity index (χ2v) is 6.38. The molecule has 24 heavy (non-hydrogen) atoms. The molecule has 1 saturated heterocycles. The Labute approximate surface area is 143 Å². The van der Waals surface area contributed by atoms with Gasteiger partial charge in [0.1, 0.15) is 0 Å². The molecule has 0 spiro atoms. The summed E-state index contributed by atoms with van der Waals surface area (Å²) in [5.41, 5.74) is 3.42. The number of hydrogen-bond acceptors (Lipinski definition) is 4. The van der Waals surface area contributed by atoms with Gasteiger partial charge < -0.3 is 4.90 Å². The molecule has 3 rings (SSSR count). The molecular weight excluding hydrogens is 300 g/mol. The summed E-state index contributed by atoms with van der Waals surface area (Å²) in [6, 6.07) is 11.8. The van der Waals surface area contributed by atoms with Crippen molar-refractivity contribution in [3.05, 3.63) is 47.7 Å². The van der Waals surface area contributed by atoms with Gasteiger partial charge in [-0.2, -0.15) is 10.2 Å². The third kappa shape index (κ3) is 3.46. The van der Waals surface area contributed by atoms with Gasteiger partial charge in [0.2, 0.25) is 0 Å². The lowest BCUT2D eigenvalue weighted by molar-refractivity contribution is 0.0500. The van der Waals surface area contributed by atoms with Crippen LogP contribution in [0.5, 0.6) is 0 Å². The number of likely N-dealkylation sites (N-methyl/N-ethyl adjacent to an activating group) is 1. The van der Waals surface area contributed by atoms with Crippen LogP contribution in [-0.4, -0.2) is 58.1 Å². The van der Waals surface area contributed by atoms with Gasteiger partial charge in [-0.3, -0.25) is 9.69 Å². The summed E-state index contributed by atoms with van der Waals surface area (Å²) in [5, 5.41) is 8.27. The molecule has 5 heteroatoms. The number of nitrogens with zero attached hydrogens (tertiary/aromatic N) is 4. The van der Waals surface area contributed by atoms with Gasteiger partial charge in [-0.1, -0.05) is 19.1 Å². The number of hydrogen-bond donors (Lipinski definition) is 0. The van der Waals surface area contributed by atoms with E-state index in [0.717, 1.165) is 48.7 Å². The Kier molecular flexibility index (Phi) is 4.90. The van der Waals surface area contributed by atoms with E-state index in [0.29, 0.717) is 0 Å². The summed E-state index contributed by atoms with van der Waals surface area (Å²) < 4.78 is 0. The number of aromatic nitrogens is 2. The molecule has 2 aromatic rings. The Morgan fingerprint density at radius 1 is 1.12 bits per heavy atom. The van der Waals surface area contributed by atoms with Crippen LogP contribution in [-0.2, 0) is 0 Å². The lowest BCUT2D eigenvalue weighted by Crippen LogP contribution is -2.53. The normalized spacial score (nSPS) is 18.6. The summed E-state index contributed by atoms with van der Waals surface area (Å²) in [5.74, 6) is 0.111. The quantitative estimate of drug-likeness (QED) is 0.871. The van der Waals surface area contributed by atoms with E-state index in [9.17, 15) is 4.79 Å². The molecular formula is C19H24N4O. The first-order valence-electron chi connectivity index (χ1n) is 8.52. The minimum absolute atomic E-state index is 0.111. The van der Waals surface area contributed by atoms with Gasteiger partial charge in [-0.15, -0.1) is 0 Å². The fraction of sp³-hybridized carbons (Fsp3) is 0.421. The zero-order chi connectivity index (χ0) is 17.1. The Balaban J connectivity index is 1.73. The number of benzene rings is 1. The summed E-state index contributed by atoms with van der Waals surface area (Å²) in [6.07, 6.45) is 0. The largest absolute Gasteiger partial charge is 0.333 e. The van der Waals surface area contributed by atoms with Crippen LogP contribution in [0.3, 0.4) is 0 Å². The van der Waals surface area contributed by atoms with Gasteiger partial charge in [-0.05, 0) is 44.7 Å². The minimum Gasteiger partial charge on any atom is -0.333 e. The molecule has 0 bridgehead atoms. The zero-order valence-corrected chi connectivity index (χ0v) is 14.6. The van der Waals surface area contributed by atoms with Gasteiger partial charge in [0.05, 0.1) is 11.4 Å². The van der Waals surface area contributed by atoms with Crippen LogP contribution in [0.4, 0.5) is 0 Å². The van der Waals surface area contributed by atoms with Crippen molar-refractivity contribution in [3.63, 3.8) is 0 Å². The number of amides is 1. The van der Waals surface area contributed by atoms with Crippen molar-refractivity contribution in [2.24, 2.45) is 0 Å². The average Bonchev–Trinajstić information content (AvgIpc) is 2.62. The van der Waals surface area contributed by atoms with Crippen molar-refractivity contribution in [2.75, 3.05) is 26.2 Å². The maximum atomic E-state index is 12.8. The fourth-order valence-corrected chi connectivity index (χ4v) is 3.12. The van der Waals surface area contributed by atoms with E-state index >= 15 is 0 Å². The second kappa shape index (κ2) is 7.09. The molecule has 1 atom stereocenters. The first-order chi connectivity index (χ1) is 11.6. The highest BCUT2D eigenvalue weighted by Crippen LogP contribution is 2.19. The van der Waals surface area contributed by atoms with Crippen molar-refractivity contribution in [1.29, 1.82) is 0 Å². The van der Waals surface area contributed by atoms with E-state index in [1.807, 2.05) is 48.2 Å². The SMILES string of the molecule is CCN1CCN(C(=O)c2ccc(-c3ccc(C)nn3)cc2)C(C)C1. The number of carbonyl (C=O) groups excluding carboxylic acids is 1. The van der Waals surface area contributed by atoms with Crippen molar-refractivity contribution in [3.8, 4) is 11.3 Å². The maximum absolute atomic E-state index is 12.8. The molecule has 1 aromatic heterocycles. The highest BCUT2D eigenvalue weighted by Gasteiger charge is 2.27. The number of rotatable bonds is 3. The van der Waals surface area contributed by atoms with E-state index in [1.165, 1.54) is 0 Å². The topological polar surface area (TPSA) is 49.3 Å². The monoisotopic (exact) mass is 324 g/mol. The molecule has 1 aromatic carbocycles. The highest BCUT2D eigenvalue weighted by molar-refractivity contribution is 5.95. The van der Waals surface area contributed by atoms with E-state index in [-0.39, 0.29) is 11.9 Å². The molecule has 1 aliphatic heterocycles. The molecule has 126 valence electrons. The van der Waals surface area contributed by atoms with Crippen LogP contribution < -0.4 is 0 Å². The second-order valence-electron chi connectivity index (χ2n) is 6.38. The number of piperazine rings is 1. The van der Waals surface area contributed by atoms with Crippen LogP contribution in [0.15, 0.2) is 36.4 Å². The van der Waals surface area contributed by atoms with Crippen LogP contribution >= 0.6 is 0 Å². The average molecular weight is 324 g/mol. The molecule has 0 radical (unpaired) electrons.